The minimum Gasteiger partial charge on any atom is -0.494 e. The molecule has 5 heteroatoms. The van der Waals surface area contributed by atoms with Gasteiger partial charge in [-0.15, -0.1) is 0 Å². The first-order chi connectivity index (χ1) is 12.8. The van der Waals surface area contributed by atoms with Gasteiger partial charge in [0.25, 0.3) is 5.91 Å². The van der Waals surface area contributed by atoms with Crippen LogP contribution in [-0.4, -0.2) is 30.6 Å². The number of fused-ring (bicyclic) bond motifs is 1. The van der Waals surface area contributed by atoms with Crippen molar-refractivity contribution in [1.29, 1.82) is 0 Å². The molecular weight excluding hydrogens is 328 g/mol. The van der Waals surface area contributed by atoms with Crippen LogP contribution < -0.4 is 5.32 Å². The highest BCUT2D eigenvalue weighted by Crippen LogP contribution is 2.30. The average molecular weight is 348 g/mol. The Morgan fingerprint density at radius 1 is 1.08 bits per heavy atom. The van der Waals surface area contributed by atoms with Gasteiger partial charge in [0.2, 0.25) is 5.76 Å². The third kappa shape index (κ3) is 3.28. The summed E-state index contributed by atoms with van der Waals surface area (Å²) in [5.74, 6) is -0.00568. The lowest BCUT2D eigenvalue weighted by molar-refractivity contribution is -0.122. The smallest absolute Gasteiger partial charge is 0.289 e. The van der Waals surface area contributed by atoms with Crippen molar-refractivity contribution in [2.24, 2.45) is 0 Å². The van der Waals surface area contributed by atoms with Crippen LogP contribution in [0.4, 0.5) is 0 Å². The molecule has 2 N–H and O–H groups in total. The molecule has 0 fully saturated rings. The predicted octanol–water partition coefficient (Wildman–Crippen LogP) is 3.30. The summed E-state index contributed by atoms with van der Waals surface area (Å²) in [6.07, 6.45) is 3.40. The standard InChI is InChI=1S/C21H20N2O3/c24-21(20-14-25-10-11-26-20)23-12-17(15-6-2-1-3-7-15)18-13-22-19-9-5-4-8-16(18)19/h1-9,13-14,17,22H,10-12H2,(H,23,24). The third-order valence-corrected chi connectivity index (χ3v) is 4.54. The fraction of sp³-hybridized carbons (Fsp3) is 0.190. The number of carbonyl (C=O) groups is 1. The third-order valence-electron chi connectivity index (χ3n) is 4.54. The molecule has 0 spiro atoms. The van der Waals surface area contributed by atoms with Crippen LogP contribution in [0.2, 0.25) is 0 Å². The molecular formula is C21H20N2O3. The van der Waals surface area contributed by atoms with E-state index in [0.29, 0.717) is 19.8 Å². The second kappa shape index (κ2) is 7.35. The van der Waals surface area contributed by atoms with Gasteiger partial charge in [0.1, 0.15) is 19.5 Å². The first-order valence-electron chi connectivity index (χ1n) is 8.66. The Kier molecular flexibility index (Phi) is 4.60. The number of hydrogen-bond donors (Lipinski definition) is 2. The molecule has 0 bridgehead atoms. The predicted molar refractivity (Wildman–Crippen MR) is 99.6 cm³/mol. The zero-order chi connectivity index (χ0) is 17.8. The van der Waals surface area contributed by atoms with Gasteiger partial charge >= 0.3 is 0 Å². The second-order valence-corrected chi connectivity index (χ2v) is 6.16. The Morgan fingerprint density at radius 2 is 1.88 bits per heavy atom. The molecule has 26 heavy (non-hydrogen) atoms. The number of carbonyl (C=O) groups excluding carboxylic acids is 1. The lowest BCUT2D eigenvalue weighted by Gasteiger charge is -2.20. The van der Waals surface area contributed by atoms with Crippen LogP contribution in [0.3, 0.4) is 0 Å². The minimum absolute atomic E-state index is 0.0291. The Hall–Kier alpha value is -3.21. The number of nitrogens with one attached hydrogen (secondary N) is 2. The van der Waals surface area contributed by atoms with E-state index in [0.717, 1.165) is 22.0 Å². The fourth-order valence-corrected chi connectivity index (χ4v) is 3.24. The van der Waals surface area contributed by atoms with E-state index in [4.69, 9.17) is 9.47 Å². The largest absolute Gasteiger partial charge is 0.494 e. The summed E-state index contributed by atoms with van der Waals surface area (Å²) in [5, 5.41) is 4.14. The maximum absolute atomic E-state index is 12.4. The van der Waals surface area contributed by atoms with E-state index in [9.17, 15) is 4.79 Å². The SMILES string of the molecule is O=C(NCC(c1ccccc1)c1c[nH]c2ccccc12)C1=COCCO1. The van der Waals surface area contributed by atoms with E-state index in [1.807, 2.05) is 36.5 Å². The number of para-hydroxylation sites is 1. The Balaban J connectivity index is 1.62. The van der Waals surface area contributed by atoms with Crippen molar-refractivity contribution in [1.82, 2.24) is 10.3 Å². The Labute approximate surface area is 151 Å². The van der Waals surface area contributed by atoms with Crippen LogP contribution in [-0.2, 0) is 14.3 Å². The van der Waals surface area contributed by atoms with Crippen molar-refractivity contribution >= 4 is 16.8 Å². The molecule has 0 aliphatic carbocycles. The van der Waals surface area contributed by atoms with Gasteiger partial charge < -0.3 is 19.8 Å². The summed E-state index contributed by atoms with van der Waals surface area (Å²) in [6, 6.07) is 18.4. The number of benzene rings is 2. The summed E-state index contributed by atoms with van der Waals surface area (Å²) < 4.78 is 10.5. The van der Waals surface area contributed by atoms with Gasteiger partial charge in [0.15, 0.2) is 0 Å². The van der Waals surface area contributed by atoms with E-state index >= 15 is 0 Å². The van der Waals surface area contributed by atoms with E-state index in [-0.39, 0.29) is 17.6 Å². The van der Waals surface area contributed by atoms with Crippen LogP contribution in [0.1, 0.15) is 17.0 Å². The molecule has 1 unspecified atom stereocenters. The number of H-pyrrole nitrogens is 1. The molecule has 0 saturated carbocycles. The van der Waals surface area contributed by atoms with Crippen LogP contribution in [0.5, 0.6) is 0 Å². The molecule has 2 aromatic carbocycles. The molecule has 1 atom stereocenters. The highest BCUT2D eigenvalue weighted by molar-refractivity contribution is 5.91. The zero-order valence-corrected chi connectivity index (χ0v) is 14.3. The van der Waals surface area contributed by atoms with Crippen molar-refractivity contribution in [2.45, 2.75) is 5.92 Å². The van der Waals surface area contributed by atoms with Crippen LogP contribution in [0.25, 0.3) is 10.9 Å². The quantitative estimate of drug-likeness (QED) is 0.744. The van der Waals surface area contributed by atoms with Crippen LogP contribution in [0, 0.1) is 0 Å². The molecule has 1 aromatic heterocycles. The van der Waals surface area contributed by atoms with Crippen molar-refractivity contribution in [3.63, 3.8) is 0 Å². The van der Waals surface area contributed by atoms with E-state index < -0.39 is 0 Å². The number of amides is 1. The number of hydrogen-bond acceptors (Lipinski definition) is 3. The maximum Gasteiger partial charge on any atom is 0.289 e. The van der Waals surface area contributed by atoms with Gasteiger partial charge in [-0.1, -0.05) is 48.5 Å². The molecule has 5 nitrogen and oxygen atoms in total. The summed E-state index contributed by atoms with van der Waals surface area (Å²) in [5.41, 5.74) is 3.38. The number of aromatic nitrogens is 1. The highest BCUT2D eigenvalue weighted by Gasteiger charge is 2.21. The first kappa shape index (κ1) is 16.3. The van der Waals surface area contributed by atoms with Crippen molar-refractivity contribution in [3.8, 4) is 0 Å². The first-order valence-corrected chi connectivity index (χ1v) is 8.66. The van der Waals surface area contributed by atoms with Gasteiger partial charge in [0, 0.05) is 29.6 Å². The van der Waals surface area contributed by atoms with Crippen molar-refractivity contribution in [3.05, 3.63) is 83.9 Å². The summed E-state index contributed by atoms with van der Waals surface area (Å²) in [7, 11) is 0. The van der Waals surface area contributed by atoms with Crippen molar-refractivity contribution < 1.29 is 14.3 Å². The summed E-state index contributed by atoms with van der Waals surface area (Å²) in [6.45, 7) is 1.33. The van der Waals surface area contributed by atoms with E-state index in [1.54, 1.807) is 0 Å². The summed E-state index contributed by atoms with van der Waals surface area (Å²) in [4.78, 5) is 15.7. The van der Waals surface area contributed by atoms with Gasteiger partial charge in [0.05, 0.1) is 0 Å². The zero-order valence-electron chi connectivity index (χ0n) is 14.3. The molecule has 2 heterocycles. The van der Waals surface area contributed by atoms with E-state index in [2.05, 4.69) is 34.6 Å². The lowest BCUT2D eigenvalue weighted by Crippen LogP contribution is -2.32. The van der Waals surface area contributed by atoms with Gasteiger partial charge in [-0.2, -0.15) is 0 Å². The molecule has 0 saturated heterocycles. The molecule has 4 rings (SSSR count). The molecule has 132 valence electrons. The molecule has 1 amide bonds. The molecule has 0 radical (unpaired) electrons. The van der Waals surface area contributed by atoms with E-state index in [1.165, 1.54) is 6.26 Å². The number of rotatable bonds is 5. The van der Waals surface area contributed by atoms with Crippen LogP contribution >= 0.6 is 0 Å². The molecule has 1 aliphatic rings. The van der Waals surface area contributed by atoms with Crippen molar-refractivity contribution in [2.75, 3.05) is 19.8 Å². The van der Waals surface area contributed by atoms with Gasteiger partial charge in [-0.3, -0.25) is 4.79 Å². The maximum atomic E-state index is 12.4. The van der Waals surface area contributed by atoms with Crippen LogP contribution in [0.15, 0.2) is 72.8 Å². The number of aromatic amines is 1. The molecule has 1 aliphatic heterocycles. The highest BCUT2D eigenvalue weighted by atomic mass is 16.6. The minimum atomic E-state index is -0.259. The van der Waals surface area contributed by atoms with Gasteiger partial charge in [-0.05, 0) is 17.2 Å². The Bertz CT molecular complexity index is 931. The number of ether oxygens (including phenoxy) is 2. The Morgan fingerprint density at radius 3 is 2.69 bits per heavy atom. The molecule has 3 aromatic rings. The average Bonchev–Trinajstić information content (AvgIpc) is 3.14. The topological polar surface area (TPSA) is 63.4 Å². The lowest BCUT2D eigenvalue weighted by atomic mass is 9.91. The van der Waals surface area contributed by atoms with Gasteiger partial charge in [-0.25, -0.2) is 0 Å². The normalized spacial score (nSPS) is 14.8. The summed E-state index contributed by atoms with van der Waals surface area (Å²) >= 11 is 0. The monoisotopic (exact) mass is 348 g/mol. The second-order valence-electron chi connectivity index (χ2n) is 6.16. The fourth-order valence-electron chi connectivity index (χ4n) is 3.24.